The quantitative estimate of drug-likeness (QED) is 0.885. The number of hydrogen-bond donors (Lipinski definition) is 1. The lowest BCUT2D eigenvalue weighted by Crippen LogP contribution is -2.39. The fraction of sp³-hybridized carbons (Fsp3) is 0.600. The Morgan fingerprint density at radius 1 is 1.44 bits per heavy atom. The smallest absolute Gasteiger partial charge is 0.123 e. The lowest BCUT2D eigenvalue weighted by Gasteiger charge is -2.34. The first-order valence-electron chi connectivity index (χ1n) is 6.77. The number of nitrogens with zero attached hydrogens (tertiary/aromatic N) is 1. The van der Waals surface area contributed by atoms with Crippen LogP contribution in [0.2, 0.25) is 0 Å². The number of halogens is 1. The number of likely N-dealkylation sites (tertiary alicyclic amines) is 1. The van der Waals surface area contributed by atoms with E-state index in [1.807, 2.05) is 13.0 Å². The molecule has 0 spiro atoms. The average molecular weight is 250 g/mol. The molecule has 1 aliphatic heterocycles. The molecule has 1 aromatic rings. The largest absolute Gasteiger partial charge is 0.382 e. The van der Waals surface area contributed by atoms with Gasteiger partial charge < -0.3 is 10.2 Å². The molecule has 0 saturated carbocycles. The first-order chi connectivity index (χ1) is 8.56. The molecule has 0 aliphatic carbocycles. The van der Waals surface area contributed by atoms with Crippen molar-refractivity contribution >= 4 is 5.69 Å². The van der Waals surface area contributed by atoms with E-state index in [0.717, 1.165) is 17.8 Å². The standard InChI is InChI=1S/C15H23FN2/c1-11-9-14(16)6-7-15(11)17-12(2)13-5-4-8-18(3)10-13/h6-7,9,12-13,17H,4-5,8,10H2,1-3H3. The highest BCUT2D eigenvalue weighted by atomic mass is 19.1. The maximum absolute atomic E-state index is 13.1. The minimum absolute atomic E-state index is 0.164. The molecule has 1 heterocycles. The number of piperidine rings is 1. The molecule has 0 aromatic heterocycles. The third-order valence-corrected chi connectivity index (χ3v) is 3.94. The highest BCUT2D eigenvalue weighted by Crippen LogP contribution is 2.23. The predicted molar refractivity (Wildman–Crippen MR) is 74.4 cm³/mol. The third-order valence-electron chi connectivity index (χ3n) is 3.94. The van der Waals surface area contributed by atoms with Gasteiger partial charge in [-0.2, -0.15) is 0 Å². The second kappa shape index (κ2) is 5.70. The molecule has 0 amide bonds. The van der Waals surface area contributed by atoms with Gasteiger partial charge in [-0.15, -0.1) is 0 Å². The van der Waals surface area contributed by atoms with E-state index < -0.39 is 0 Å². The molecule has 0 radical (unpaired) electrons. The molecule has 2 unspecified atom stereocenters. The summed E-state index contributed by atoms with van der Waals surface area (Å²) in [6.07, 6.45) is 2.55. The number of nitrogens with one attached hydrogen (secondary N) is 1. The van der Waals surface area contributed by atoms with Crippen molar-refractivity contribution < 1.29 is 4.39 Å². The van der Waals surface area contributed by atoms with Gasteiger partial charge in [0.2, 0.25) is 0 Å². The molecule has 1 N–H and O–H groups in total. The zero-order chi connectivity index (χ0) is 13.1. The van der Waals surface area contributed by atoms with Crippen LogP contribution in [-0.4, -0.2) is 31.1 Å². The van der Waals surface area contributed by atoms with Crippen LogP contribution in [-0.2, 0) is 0 Å². The Labute approximate surface area is 109 Å². The summed E-state index contributed by atoms with van der Waals surface area (Å²) < 4.78 is 13.1. The van der Waals surface area contributed by atoms with Crippen molar-refractivity contribution in [3.05, 3.63) is 29.6 Å². The molecular weight excluding hydrogens is 227 g/mol. The molecule has 1 aromatic carbocycles. The van der Waals surface area contributed by atoms with Crippen molar-refractivity contribution in [1.29, 1.82) is 0 Å². The van der Waals surface area contributed by atoms with Crippen molar-refractivity contribution in [1.82, 2.24) is 4.90 Å². The topological polar surface area (TPSA) is 15.3 Å². The molecule has 18 heavy (non-hydrogen) atoms. The summed E-state index contributed by atoms with van der Waals surface area (Å²) in [5, 5.41) is 3.53. The first-order valence-corrected chi connectivity index (χ1v) is 6.77. The van der Waals surface area contributed by atoms with E-state index in [0.29, 0.717) is 12.0 Å². The van der Waals surface area contributed by atoms with E-state index in [9.17, 15) is 4.39 Å². The molecule has 2 atom stereocenters. The highest BCUT2D eigenvalue weighted by Gasteiger charge is 2.22. The van der Waals surface area contributed by atoms with Crippen LogP contribution in [0.25, 0.3) is 0 Å². The Kier molecular flexibility index (Phi) is 4.23. The van der Waals surface area contributed by atoms with Gasteiger partial charge in [-0.05, 0) is 70.0 Å². The fourth-order valence-electron chi connectivity index (χ4n) is 2.77. The zero-order valence-electron chi connectivity index (χ0n) is 11.5. The van der Waals surface area contributed by atoms with Gasteiger partial charge in [0.05, 0.1) is 0 Å². The maximum Gasteiger partial charge on any atom is 0.123 e. The molecule has 2 nitrogen and oxygen atoms in total. The number of rotatable bonds is 3. The molecule has 1 fully saturated rings. The van der Waals surface area contributed by atoms with Gasteiger partial charge in [0.15, 0.2) is 0 Å². The van der Waals surface area contributed by atoms with Crippen molar-refractivity contribution in [2.45, 2.75) is 32.7 Å². The van der Waals surface area contributed by atoms with Crippen LogP contribution in [0.3, 0.4) is 0 Å². The van der Waals surface area contributed by atoms with Crippen molar-refractivity contribution in [3.8, 4) is 0 Å². The predicted octanol–water partition coefficient (Wildman–Crippen LogP) is 3.28. The average Bonchev–Trinajstić information content (AvgIpc) is 2.32. The van der Waals surface area contributed by atoms with Gasteiger partial charge >= 0.3 is 0 Å². The first kappa shape index (κ1) is 13.3. The number of aryl methyl sites for hydroxylation is 1. The lowest BCUT2D eigenvalue weighted by molar-refractivity contribution is 0.197. The number of benzene rings is 1. The Hall–Kier alpha value is -1.09. The van der Waals surface area contributed by atoms with E-state index in [2.05, 4.69) is 24.2 Å². The van der Waals surface area contributed by atoms with Gasteiger partial charge in [0.25, 0.3) is 0 Å². The molecule has 0 bridgehead atoms. The van der Waals surface area contributed by atoms with Crippen LogP contribution in [0.15, 0.2) is 18.2 Å². The Morgan fingerprint density at radius 2 is 2.22 bits per heavy atom. The Bertz CT molecular complexity index is 405. The molecule has 1 saturated heterocycles. The van der Waals surface area contributed by atoms with Crippen LogP contribution >= 0.6 is 0 Å². The summed E-state index contributed by atoms with van der Waals surface area (Å²) >= 11 is 0. The highest BCUT2D eigenvalue weighted by molar-refractivity contribution is 5.51. The Balaban J connectivity index is 1.99. The van der Waals surface area contributed by atoms with Crippen LogP contribution in [0.4, 0.5) is 10.1 Å². The molecular formula is C15H23FN2. The van der Waals surface area contributed by atoms with Crippen molar-refractivity contribution in [2.75, 3.05) is 25.5 Å². The number of hydrogen-bond acceptors (Lipinski definition) is 2. The second-order valence-electron chi connectivity index (χ2n) is 5.56. The van der Waals surface area contributed by atoms with Gasteiger partial charge in [0, 0.05) is 18.3 Å². The lowest BCUT2D eigenvalue weighted by atomic mass is 9.91. The summed E-state index contributed by atoms with van der Waals surface area (Å²) in [4.78, 5) is 2.39. The van der Waals surface area contributed by atoms with E-state index in [-0.39, 0.29) is 5.82 Å². The maximum atomic E-state index is 13.1. The SMILES string of the molecule is Cc1cc(F)ccc1NC(C)C1CCCN(C)C1. The van der Waals surface area contributed by atoms with Crippen molar-refractivity contribution in [3.63, 3.8) is 0 Å². The monoisotopic (exact) mass is 250 g/mol. The van der Waals surface area contributed by atoms with Gasteiger partial charge in [0.1, 0.15) is 5.82 Å². The third kappa shape index (κ3) is 3.22. The summed E-state index contributed by atoms with van der Waals surface area (Å²) in [6.45, 7) is 6.53. The van der Waals surface area contributed by atoms with Gasteiger partial charge in [-0.1, -0.05) is 0 Å². The summed E-state index contributed by atoms with van der Waals surface area (Å²) in [5.41, 5.74) is 2.03. The minimum atomic E-state index is -0.164. The van der Waals surface area contributed by atoms with E-state index >= 15 is 0 Å². The molecule has 100 valence electrons. The molecule has 2 rings (SSSR count). The summed E-state index contributed by atoms with van der Waals surface area (Å²) in [6, 6.07) is 5.38. The van der Waals surface area contributed by atoms with Crippen LogP contribution in [0, 0.1) is 18.7 Å². The second-order valence-corrected chi connectivity index (χ2v) is 5.56. The summed E-state index contributed by atoms with van der Waals surface area (Å²) in [5.74, 6) is 0.510. The minimum Gasteiger partial charge on any atom is -0.382 e. The van der Waals surface area contributed by atoms with Gasteiger partial charge in [-0.25, -0.2) is 4.39 Å². The number of anilines is 1. The van der Waals surface area contributed by atoms with Crippen LogP contribution in [0.1, 0.15) is 25.3 Å². The zero-order valence-corrected chi connectivity index (χ0v) is 11.5. The molecule has 3 heteroatoms. The molecule has 1 aliphatic rings. The van der Waals surface area contributed by atoms with E-state index in [4.69, 9.17) is 0 Å². The van der Waals surface area contributed by atoms with Crippen LogP contribution in [0.5, 0.6) is 0 Å². The van der Waals surface area contributed by atoms with Crippen molar-refractivity contribution in [2.24, 2.45) is 5.92 Å². The normalized spacial score (nSPS) is 22.8. The fourth-order valence-corrected chi connectivity index (χ4v) is 2.77. The Morgan fingerprint density at radius 3 is 2.89 bits per heavy atom. The van der Waals surface area contributed by atoms with E-state index in [1.54, 1.807) is 6.07 Å². The van der Waals surface area contributed by atoms with Crippen LogP contribution < -0.4 is 5.32 Å². The summed E-state index contributed by atoms with van der Waals surface area (Å²) in [7, 11) is 2.18. The van der Waals surface area contributed by atoms with Gasteiger partial charge in [-0.3, -0.25) is 0 Å². The van der Waals surface area contributed by atoms with E-state index in [1.165, 1.54) is 25.5 Å².